The zero-order chi connectivity index (χ0) is 7.07. The van der Waals surface area contributed by atoms with Crippen LogP contribution in [0.1, 0.15) is 6.42 Å². The molecular formula is C5H3F3O. The topological polar surface area (TPSA) is 17.1 Å². The molecule has 0 saturated heterocycles. The van der Waals surface area contributed by atoms with E-state index in [4.69, 9.17) is 0 Å². The van der Waals surface area contributed by atoms with E-state index < -0.39 is 12.0 Å². The monoisotopic (exact) mass is 136 g/mol. The normalized spacial score (nSPS) is 17.0. The van der Waals surface area contributed by atoms with E-state index in [1.165, 1.54) is 6.08 Å². The molecule has 0 heterocycles. The summed E-state index contributed by atoms with van der Waals surface area (Å²) in [6.07, 6.45) is -3.20. The van der Waals surface area contributed by atoms with Crippen molar-refractivity contribution in [1.29, 1.82) is 0 Å². The number of halogens is 3. The summed E-state index contributed by atoms with van der Waals surface area (Å²) in [5.74, 6) is -1.69. The summed E-state index contributed by atoms with van der Waals surface area (Å²) in [5.41, 5.74) is -0.109. The molecular weight excluding hydrogens is 133 g/mol. The lowest BCUT2D eigenvalue weighted by Gasteiger charge is -1.98. The number of hydrogen-bond donors (Lipinski definition) is 0. The van der Waals surface area contributed by atoms with Gasteiger partial charge in [0.15, 0.2) is 0 Å². The minimum Gasteiger partial charge on any atom is -0.284 e. The van der Waals surface area contributed by atoms with Gasteiger partial charge in [-0.25, -0.2) is 0 Å². The highest BCUT2D eigenvalue weighted by Crippen LogP contribution is 2.29. The Kier molecular flexibility index (Phi) is 1.12. The number of rotatable bonds is 1. The van der Waals surface area contributed by atoms with Crippen molar-refractivity contribution in [3.05, 3.63) is 11.6 Å². The van der Waals surface area contributed by atoms with Crippen molar-refractivity contribution in [2.75, 3.05) is 0 Å². The van der Waals surface area contributed by atoms with E-state index in [1.807, 2.05) is 0 Å². The van der Waals surface area contributed by atoms with Crippen LogP contribution in [0.15, 0.2) is 11.6 Å². The maximum absolute atomic E-state index is 11.3. The van der Waals surface area contributed by atoms with Crippen LogP contribution in [0.3, 0.4) is 0 Å². The maximum atomic E-state index is 11.3. The molecule has 0 N–H and O–H groups in total. The first-order valence-corrected chi connectivity index (χ1v) is 2.32. The van der Waals surface area contributed by atoms with Gasteiger partial charge in [-0.3, -0.25) is 4.79 Å². The van der Waals surface area contributed by atoms with Crippen molar-refractivity contribution >= 4 is 5.78 Å². The van der Waals surface area contributed by atoms with Gasteiger partial charge >= 0.3 is 6.18 Å². The summed E-state index contributed by atoms with van der Waals surface area (Å²) in [6, 6.07) is 0. The van der Waals surface area contributed by atoms with Crippen LogP contribution >= 0.6 is 0 Å². The summed E-state index contributed by atoms with van der Waals surface area (Å²) in [6.45, 7) is 0. The van der Waals surface area contributed by atoms with Gasteiger partial charge in [-0.05, 0) is 6.42 Å². The molecule has 1 nitrogen and oxygen atoms in total. The predicted molar refractivity (Wildman–Crippen MR) is 23.8 cm³/mol. The second-order valence-electron chi connectivity index (χ2n) is 1.76. The smallest absolute Gasteiger partial charge is 0.284 e. The molecule has 0 aromatic heterocycles. The lowest BCUT2D eigenvalue weighted by molar-refractivity contribution is -0.166. The Balaban J connectivity index is 2.62. The van der Waals surface area contributed by atoms with E-state index in [-0.39, 0.29) is 12.0 Å². The van der Waals surface area contributed by atoms with Crippen LogP contribution < -0.4 is 0 Å². The fourth-order valence-electron chi connectivity index (χ4n) is 0.418. The van der Waals surface area contributed by atoms with Crippen LogP contribution in [-0.4, -0.2) is 12.0 Å². The van der Waals surface area contributed by atoms with Gasteiger partial charge in [-0.2, -0.15) is 13.2 Å². The maximum Gasteiger partial charge on any atom is 0.454 e. The zero-order valence-corrected chi connectivity index (χ0v) is 4.33. The first kappa shape index (κ1) is 6.32. The molecule has 1 aliphatic rings. The Bertz CT molecular complexity index is 177. The molecule has 0 atom stereocenters. The molecule has 0 aromatic carbocycles. The van der Waals surface area contributed by atoms with E-state index in [1.54, 1.807) is 0 Å². The molecule has 9 heavy (non-hydrogen) atoms. The van der Waals surface area contributed by atoms with E-state index in [0.29, 0.717) is 0 Å². The minimum atomic E-state index is -4.66. The molecule has 0 fully saturated rings. The number of alkyl halides is 3. The summed E-state index contributed by atoms with van der Waals surface area (Å²) in [5, 5.41) is 0. The fraction of sp³-hybridized carbons (Fsp3) is 0.400. The summed E-state index contributed by atoms with van der Waals surface area (Å²) in [7, 11) is 0. The lowest BCUT2D eigenvalue weighted by atomic mass is 10.3. The van der Waals surface area contributed by atoms with Crippen LogP contribution in [0.5, 0.6) is 0 Å². The van der Waals surface area contributed by atoms with Crippen molar-refractivity contribution in [2.24, 2.45) is 0 Å². The first-order valence-electron chi connectivity index (χ1n) is 2.32. The number of hydrogen-bond acceptors (Lipinski definition) is 1. The fourth-order valence-corrected chi connectivity index (χ4v) is 0.418. The molecule has 0 unspecified atom stereocenters. The Morgan fingerprint density at radius 3 is 2.11 bits per heavy atom. The number of ketones is 1. The average Bonchev–Trinajstić information content (AvgIpc) is 2.40. The Morgan fingerprint density at radius 1 is 1.56 bits per heavy atom. The van der Waals surface area contributed by atoms with E-state index >= 15 is 0 Å². The van der Waals surface area contributed by atoms with Crippen molar-refractivity contribution in [2.45, 2.75) is 12.6 Å². The van der Waals surface area contributed by atoms with Gasteiger partial charge in [-0.1, -0.05) is 6.08 Å². The lowest BCUT2D eigenvalue weighted by Crippen LogP contribution is -2.21. The molecule has 0 amide bonds. The molecule has 4 heteroatoms. The van der Waals surface area contributed by atoms with Crippen LogP contribution in [-0.2, 0) is 4.79 Å². The van der Waals surface area contributed by atoms with Gasteiger partial charge in [0.05, 0.1) is 0 Å². The van der Waals surface area contributed by atoms with Gasteiger partial charge in [-0.15, -0.1) is 0 Å². The third kappa shape index (κ3) is 1.31. The van der Waals surface area contributed by atoms with Gasteiger partial charge in [0.1, 0.15) is 0 Å². The number of carbonyl (C=O) groups excluding carboxylic acids is 1. The third-order valence-corrected chi connectivity index (χ3v) is 0.957. The summed E-state index contributed by atoms with van der Waals surface area (Å²) < 4.78 is 34.0. The second-order valence-corrected chi connectivity index (χ2v) is 1.76. The molecule has 1 aliphatic carbocycles. The van der Waals surface area contributed by atoms with Crippen LogP contribution in [0.25, 0.3) is 0 Å². The standard InChI is InChI=1S/C5H3F3O/c6-5(7,8)4(9)3-1-2-3/h1H,2H2. The highest BCUT2D eigenvalue weighted by Gasteiger charge is 2.42. The summed E-state index contributed by atoms with van der Waals surface area (Å²) in [4.78, 5) is 10.0. The predicted octanol–water partition coefficient (Wildman–Crippen LogP) is 1.45. The number of carbonyl (C=O) groups is 1. The summed E-state index contributed by atoms with van der Waals surface area (Å²) >= 11 is 0. The van der Waals surface area contributed by atoms with E-state index in [9.17, 15) is 18.0 Å². The third-order valence-electron chi connectivity index (χ3n) is 0.957. The van der Waals surface area contributed by atoms with Crippen LogP contribution in [0, 0.1) is 0 Å². The molecule has 0 saturated carbocycles. The average molecular weight is 136 g/mol. The molecule has 0 aliphatic heterocycles. The van der Waals surface area contributed by atoms with Gasteiger partial charge in [0.2, 0.25) is 0 Å². The number of Topliss-reactive ketones (excluding diaryl/α,β-unsaturated/α-hetero) is 1. The Labute approximate surface area is 49.2 Å². The van der Waals surface area contributed by atoms with E-state index in [2.05, 4.69) is 0 Å². The minimum absolute atomic E-state index is 0.109. The van der Waals surface area contributed by atoms with Crippen molar-refractivity contribution in [1.82, 2.24) is 0 Å². The first-order chi connectivity index (χ1) is 4.02. The molecule has 1 rings (SSSR count). The molecule has 0 aromatic rings. The van der Waals surface area contributed by atoms with Crippen molar-refractivity contribution in [3.63, 3.8) is 0 Å². The second kappa shape index (κ2) is 1.59. The Morgan fingerprint density at radius 2 is 2.00 bits per heavy atom. The van der Waals surface area contributed by atoms with Gasteiger partial charge in [0, 0.05) is 5.57 Å². The van der Waals surface area contributed by atoms with Crippen LogP contribution in [0.4, 0.5) is 13.2 Å². The molecule has 0 radical (unpaired) electrons. The van der Waals surface area contributed by atoms with Crippen LogP contribution in [0.2, 0.25) is 0 Å². The quantitative estimate of drug-likeness (QED) is 0.533. The molecule has 0 spiro atoms. The highest BCUT2D eigenvalue weighted by molar-refractivity contribution is 6.03. The van der Waals surface area contributed by atoms with Gasteiger partial charge < -0.3 is 0 Å². The van der Waals surface area contributed by atoms with E-state index in [0.717, 1.165) is 0 Å². The van der Waals surface area contributed by atoms with Crippen molar-refractivity contribution in [3.8, 4) is 0 Å². The Hall–Kier alpha value is -0.800. The van der Waals surface area contributed by atoms with Crippen molar-refractivity contribution < 1.29 is 18.0 Å². The number of allylic oxidation sites excluding steroid dienone is 2. The molecule has 50 valence electrons. The zero-order valence-electron chi connectivity index (χ0n) is 4.33. The largest absolute Gasteiger partial charge is 0.454 e. The SMILES string of the molecule is O=C(C1=CC1)C(F)(F)F. The highest BCUT2D eigenvalue weighted by atomic mass is 19.4. The molecule has 0 bridgehead atoms. The van der Waals surface area contributed by atoms with Gasteiger partial charge in [0.25, 0.3) is 5.78 Å².